The van der Waals surface area contributed by atoms with Crippen molar-refractivity contribution < 1.29 is 9.53 Å². The molecule has 1 fully saturated rings. The molecule has 0 aromatic heterocycles. The Kier molecular flexibility index (Phi) is 5.20. The first-order valence-corrected chi connectivity index (χ1v) is 8.91. The lowest BCUT2D eigenvalue weighted by atomic mass is 9.91. The molecular formula is C17H23NO2S. The van der Waals surface area contributed by atoms with Crippen LogP contribution >= 0.6 is 11.8 Å². The number of amides is 1. The van der Waals surface area contributed by atoms with Crippen molar-refractivity contribution in [1.82, 2.24) is 5.32 Å². The number of carbonyl (C=O) groups excluding carboxylic acids is 1. The molecule has 1 N–H and O–H groups in total. The quantitative estimate of drug-likeness (QED) is 0.909. The molecule has 2 aliphatic rings. The standard InChI is InChI=1S/C17H23NO2S/c19-17(18-10-13-8-9-20-11-13)12-21-16-7-3-5-14-4-1-2-6-15(14)16/h1-2,4,6,13,16H,3,5,7-12H2,(H,18,19)/t13-,16+/m0/s1. The third-order valence-electron chi connectivity index (χ3n) is 4.34. The largest absolute Gasteiger partial charge is 0.381 e. The SMILES string of the molecule is O=C(CS[C@@H]1CCCc2ccccc21)NC[C@@H]1CCOC1. The first-order valence-electron chi connectivity index (χ1n) is 7.87. The summed E-state index contributed by atoms with van der Waals surface area (Å²) in [5.74, 6) is 1.23. The van der Waals surface area contributed by atoms with Crippen molar-refractivity contribution in [1.29, 1.82) is 0 Å². The molecule has 3 rings (SSSR count). The van der Waals surface area contributed by atoms with Crippen molar-refractivity contribution in [2.24, 2.45) is 5.92 Å². The van der Waals surface area contributed by atoms with E-state index >= 15 is 0 Å². The predicted molar refractivity (Wildman–Crippen MR) is 86.5 cm³/mol. The number of carbonyl (C=O) groups is 1. The van der Waals surface area contributed by atoms with Crippen LogP contribution in [-0.4, -0.2) is 31.4 Å². The van der Waals surface area contributed by atoms with E-state index in [1.165, 1.54) is 30.4 Å². The maximum Gasteiger partial charge on any atom is 0.230 e. The minimum absolute atomic E-state index is 0.162. The normalized spacial score (nSPS) is 24.6. The maximum atomic E-state index is 12.0. The monoisotopic (exact) mass is 305 g/mol. The zero-order chi connectivity index (χ0) is 14.5. The summed E-state index contributed by atoms with van der Waals surface area (Å²) in [6, 6.07) is 8.67. The molecule has 0 bridgehead atoms. The van der Waals surface area contributed by atoms with Gasteiger partial charge in [0, 0.05) is 24.3 Å². The number of fused-ring (bicyclic) bond motifs is 1. The fourth-order valence-electron chi connectivity index (χ4n) is 3.11. The van der Waals surface area contributed by atoms with Gasteiger partial charge in [0.2, 0.25) is 5.91 Å². The highest BCUT2D eigenvalue weighted by molar-refractivity contribution is 8.00. The summed E-state index contributed by atoms with van der Waals surface area (Å²) in [5, 5.41) is 3.53. The van der Waals surface area contributed by atoms with Gasteiger partial charge in [-0.3, -0.25) is 4.79 Å². The summed E-state index contributed by atoms with van der Waals surface area (Å²) in [6.07, 6.45) is 4.67. The van der Waals surface area contributed by atoms with Crippen molar-refractivity contribution in [3.63, 3.8) is 0 Å². The van der Waals surface area contributed by atoms with E-state index in [-0.39, 0.29) is 5.91 Å². The molecule has 3 nitrogen and oxygen atoms in total. The van der Waals surface area contributed by atoms with E-state index in [4.69, 9.17) is 4.74 Å². The molecule has 1 aliphatic carbocycles. The zero-order valence-corrected chi connectivity index (χ0v) is 13.2. The number of ether oxygens (including phenoxy) is 1. The molecule has 21 heavy (non-hydrogen) atoms. The second kappa shape index (κ2) is 7.32. The van der Waals surface area contributed by atoms with Crippen molar-refractivity contribution in [2.75, 3.05) is 25.5 Å². The van der Waals surface area contributed by atoms with Crippen LogP contribution in [-0.2, 0) is 16.0 Å². The summed E-state index contributed by atoms with van der Waals surface area (Å²) >= 11 is 1.79. The zero-order valence-electron chi connectivity index (χ0n) is 12.3. The molecule has 1 aromatic rings. The first-order chi connectivity index (χ1) is 10.3. The van der Waals surface area contributed by atoms with Crippen LogP contribution in [0.2, 0.25) is 0 Å². The lowest BCUT2D eigenvalue weighted by Gasteiger charge is -2.24. The van der Waals surface area contributed by atoms with Gasteiger partial charge in [-0.15, -0.1) is 11.8 Å². The number of benzene rings is 1. The topological polar surface area (TPSA) is 38.3 Å². The van der Waals surface area contributed by atoms with E-state index in [9.17, 15) is 4.79 Å². The molecule has 1 saturated heterocycles. The van der Waals surface area contributed by atoms with E-state index in [2.05, 4.69) is 29.6 Å². The maximum absolute atomic E-state index is 12.0. The van der Waals surface area contributed by atoms with Crippen molar-refractivity contribution in [2.45, 2.75) is 30.9 Å². The molecule has 4 heteroatoms. The van der Waals surface area contributed by atoms with Crippen LogP contribution < -0.4 is 5.32 Å². The summed E-state index contributed by atoms with van der Waals surface area (Å²) in [5.41, 5.74) is 2.90. The van der Waals surface area contributed by atoms with E-state index in [0.29, 0.717) is 16.9 Å². The van der Waals surface area contributed by atoms with Gasteiger partial charge in [-0.05, 0) is 36.8 Å². The first kappa shape index (κ1) is 14.9. The van der Waals surface area contributed by atoms with Crippen LogP contribution in [0.25, 0.3) is 0 Å². The van der Waals surface area contributed by atoms with E-state index in [1.54, 1.807) is 11.8 Å². The van der Waals surface area contributed by atoms with Crippen LogP contribution in [0, 0.1) is 5.92 Å². The van der Waals surface area contributed by atoms with Gasteiger partial charge in [-0.2, -0.15) is 0 Å². The number of hydrogen-bond donors (Lipinski definition) is 1. The van der Waals surface area contributed by atoms with Crippen LogP contribution in [0.5, 0.6) is 0 Å². The van der Waals surface area contributed by atoms with Gasteiger partial charge in [0.1, 0.15) is 0 Å². The fraction of sp³-hybridized carbons (Fsp3) is 0.588. The van der Waals surface area contributed by atoms with Gasteiger partial charge in [-0.25, -0.2) is 0 Å². The van der Waals surface area contributed by atoms with E-state index in [0.717, 1.165) is 26.2 Å². The third kappa shape index (κ3) is 4.01. The van der Waals surface area contributed by atoms with Gasteiger partial charge >= 0.3 is 0 Å². The molecular weight excluding hydrogens is 282 g/mol. The van der Waals surface area contributed by atoms with Gasteiger partial charge < -0.3 is 10.1 Å². The Morgan fingerprint density at radius 2 is 2.24 bits per heavy atom. The summed E-state index contributed by atoms with van der Waals surface area (Å²) in [7, 11) is 0. The minimum atomic E-state index is 0.162. The Labute approximate surface area is 130 Å². The molecule has 1 aliphatic heterocycles. The lowest BCUT2D eigenvalue weighted by Crippen LogP contribution is -2.31. The second-order valence-electron chi connectivity index (χ2n) is 5.92. The minimum Gasteiger partial charge on any atom is -0.381 e. The van der Waals surface area contributed by atoms with E-state index in [1.807, 2.05) is 0 Å². The van der Waals surface area contributed by atoms with Gasteiger partial charge in [0.15, 0.2) is 0 Å². The highest BCUT2D eigenvalue weighted by Gasteiger charge is 2.21. The van der Waals surface area contributed by atoms with Crippen LogP contribution in [0.4, 0.5) is 0 Å². The van der Waals surface area contributed by atoms with Crippen molar-refractivity contribution in [3.8, 4) is 0 Å². The Morgan fingerprint density at radius 3 is 3.10 bits per heavy atom. The van der Waals surface area contributed by atoms with E-state index < -0.39 is 0 Å². The average Bonchev–Trinajstić information content (AvgIpc) is 3.04. The lowest BCUT2D eigenvalue weighted by molar-refractivity contribution is -0.118. The second-order valence-corrected chi connectivity index (χ2v) is 7.12. The number of hydrogen-bond acceptors (Lipinski definition) is 3. The Bertz CT molecular complexity index is 485. The van der Waals surface area contributed by atoms with Gasteiger partial charge in [-0.1, -0.05) is 24.3 Å². The summed E-state index contributed by atoms with van der Waals surface area (Å²) in [6.45, 7) is 2.40. The Hall–Kier alpha value is -1.00. The molecule has 0 unspecified atom stereocenters. The van der Waals surface area contributed by atoms with Crippen LogP contribution in [0.1, 0.15) is 35.6 Å². The summed E-state index contributed by atoms with van der Waals surface area (Å²) < 4.78 is 5.33. The highest BCUT2D eigenvalue weighted by atomic mass is 32.2. The Balaban J connectivity index is 1.45. The molecule has 1 heterocycles. The number of thioether (sulfide) groups is 1. The summed E-state index contributed by atoms with van der Waals surface area (Å²) in [4.78, 5) is 12.0. The third-order valence-corrected chi connectivity index (χ3v) is 5.66. The van der Waals surface area contributed by atoms with Crippen molar-refractivity contribution >= 4 is 17.7 Å². The number of aryl methyl sites for hydroxylation is 1. The van der Waals surface area contributed by atoms with Crippen molar-refractivity contribution in [3.05, 3.63) is 35.4 Å². The predicted octanol–water partition coefficient (Wildman–Crippen LogP) is 2.95. The number of nitrogens with one attached hydrogen (secondary N) is 1. The Morgan fingerprint density at radius 1 is 1.33 bits per heavy atom. The fourth-order valence-corrected chi connectivity index (χ4v) is 4.31. The van der Waals surface area contributed by atoms with Gasteiger partial charge in [0.25, 0.3) is 0 Å². The molecule has 1 aromatic carbocycles. The number of rotatable bonds is 5. The average molecular weight is 305 g/mol. The van der Waals surface area contributed by atoms with Gasteiger partial charge in [0.05, 0.1) is 12.4 Å². The van der Waals surface area contributed by atoms with Crippen LogP contribution in [0.3, 0.4) is 0 Å². The molecule has 0 spiro atoms. The highest BCUT2D eigenvalue weighted by Crippen LogP contribution is 2.39. The van der Waals surface area contributed by atoms with Crippen LogP contribution in [0.15, 0.2) is 24.3 Å². The molecule has 114 valence electrons. The molecule has 0 saturated carbocycles. The molecule has 2 atom stereocenters. The molecule has 1 amide bonds. The molecule has 0 radical (unpaired) electrons. The smallest absolute Gasteiger partial charge is 0.230 e.